The van der Waals surface area contributed by atoms with Crippen LogP contribution in [0.1, 0.15) is 16.7 Å². The number of hydrogen-bond donors (Lipinski definition) is 1. The van der Waals surface area contributed by atoms with Crippen molar-refractivity contribution in [3.8, 4) is 0 Å². The largest absolute Gasteiger partial charge is 0.376 e. The fraction of sp³-hybridized carbons (Fsp3) is 0.571. The van der Waals surface area contributed by atoms with Gasteiger partial charge in [-0.2, -0.15) is 0 Å². The SMILES string of the molecule is Cc1cccc(CNCC2COCCO2)c1C. The van der Waals surface area contributed by atoms with E-state index in [-0.39, 0.29) is 6.10 Å². The van der Waals surface area contributed by atoms with Crippen LogP contribution in [0.15, 0.2) is 18.2 Å². The molecule has 1 aliphatic heterocycles. The maximum absolute atomic E-state index is 5.58. The maximum Gasteiger partial charge on any atom is 0.0933 e. The molecule has 0 radical (unpaired) electrons. The summed E-state index contributed by atoms with van der Waals surface area (Å²) in [5, 5.41) is 3.43. The third-order valence-electron chi connectivity index (χ3n) is 3.29. The summed E-state index contributed by atoms with van der Waals surface area (Å²) in [6.07, 6.45) is 0.203. The van der Waals surface area contributed by atoms with Crippen LogP contribution >= 0.6 is 0 Å². The van der Waals surface area contributed by atoms with E-state index in [1.165, 1.54) is 16.7 Å². The number of hydrogen-bond acceptors (Lipinski definition) is 3. The van der Waals surface area contributed by atoms with E-state index in [4.69, 9.17) is 9.47 Å². The van der Waals surface area contributed by atoms with Crippen molar-refractivity contribution in [2.45, 2.75) is 26.5 Å². The van der Waals surface area contributed by atoms with Gasteiger partial charge in [0.05, 0.1) is 25.9 Å². The first-order valence-corrected chi connectivity index (χ1v) is 6.22. The summed E-state index contributed by atoms with van der Waals surface area (Å²) in [7, 11) is 0. The molecule has 1 heterocycles. The van der Waals surface area contributed by atoms with E-state index in [1.807, 2.05) is 0 Å². The molecule has 3 heteroatoms. The summed E-state index contributed by atoms with van der Waals surface area (Å²) in [5.74, 6) is 0. The summed E-state index contributed by atoms with van der Waals surface area (Å²) >= 11 is 0. The first kappa shape index (κ1) is 12.6. The highest BCUT2D eigenvalue weighted by Gasteiger charge is 2.13. The molecule has 3 nitrogen and oxygen atoms in total. The normalized spacial score (nSPS) is 20.5. The molecule has 1 unspecified atom stereocenters. The van der Waals surface area contributed by atoms with Gasteiger partial charge in [0.15, 0.2) is 0 Å². The third-order valence-corrected chi connectivity index (χ3v) is 3.29. The summed E-state index contributed by atoms with van der Waals surface area (Å²) in [6.45, 7) is 8.23. The molecule has 0 bridgehead atoms. The van der Waals surface area contributed by atoms with E-state index < -0.39 is 0 Å². The van der Waals surface area contributed by atoms with Gasteiger partial charge in [-0.3, -0.25) is 0 Å². The molecule has 1 aromatic rings. The van der Waals surface area contributed by atoms with Crippen LogP contribution in [0.25, 0.3) is 0 Å². The van der Waals surface area contributed by atoms with E-state index in [0.717, 1.165) is 26.3 Å². The van der Waals surface area contributed by atoms with Crippen LogP contribution in [0, 0.1) is 13.8 Å². The molecule has 1 aromatic carbocycles. The van der Waals surface area contributed by atoms with Gasteiger partial charge < -0.3 is 14.8 Å². The van der Waals surface area contributed by atoms with Crippen molar-refractivity contribution in [3.05, 3.63) is 34.9 Å². The Labute approximate surface area is 103 Å². The lowest BCUT2D eigenvalue weighted by atomic mass is 10.0. The van der Waals surface area contributed by atoms with Crippen LogP contribution in [-0.4, -0.2) is 32.5 Å². The van der Waals surface area contributed by atoms with Gasteiger partial charge in [-0.15, -0.1) is 0 Å². The Balaban J connectivity index is 1.79. The van der Waals surface area contributed by atoms with Crippen LogP contribution < -0.4 is 5.32 Å². The number of aryl methyl sites for hydroxylation is 1. The third kappa shape index (κ3) is 3.53. The second-order valence-electron chi connectivity index (χ2n) is 4.56. The van der Waals surface area contributed by atoms with E-state index >= 15 is 0 Å². The molecule has 17 heavy (non-hydrogen) atoms. The zero-order chi connectivity index (χ0) is 12.1. The second kappa shape index (κ2) is 6.15. The van der Waals surface area contributed by atoms with E-state index in [9.17, 15) is 0 Å². The second-order valence-corrected chi connectivity index (χ2v) is 4.56. The molecule has 1 aliphatic rings. The molecular weight excluding hydrogens is 214 g/mol. The number of nitrogens with one attached hydrogen (secondary N) is 1. The molecule has 1 saturated heterocycles. The molecule has 0 amide bonds. The van der Waals surface area contributed by atoms with Crippen LogP contribution in [0.5, 0.6) is 0 Å². The zero-order valence-corrected chi connectivity index (χ0v) is 10.7. The summed E-state index contributed by atoms with van der Waals surface area (Å²) in [4.78, 5) is 0. The van der Waals surface area contributed by atoms with E-state index in [1.54, 1.807) is 0 Å². The lowest BCUT2D eigenvalue weighted by molar-refractivity contribution is -0.0864. The minimum absolute atomic E-state index is 0.203. The lowest BCUT2D eigenvalue weighted by Gasteiger charge is -2.23. The van der Waals surface area contributed by atoms with Gasteiger partial charge in [-0.1, -0.05) is 18.2 Å². The van der Waals surface area contributed by atoms with Crippen LogP contribution in [-0.2, 0) is 16.0 Å². The highest BCUT2D eigenvalue weighted by Crippen LogP contribution is 2.12. The Morgan fingerprint density at radius 1 is 1.29 bits per heavy atom. The van der Waals surface area contributed by atoms with Crippen LogP contribution in [0.2, 0.25) is 0 Å². The minimum atomic E-state index is 0.203. The predicted octanol–water partition coefficient (Wildman–Crippen LogP) is 1.81. The number of ether oxygens (including phenoxy) is 2. The van der Waals surface area contributed by atoms with Gasteiger partial charge in [0.25, 0.3) is 0 Å². The summed E-state index contributed by atoms with van der Waals surface area (Å²) in [6, 6.07) is 6.43. The molecule has 94 valence electrons. The van der Waals surface area contributed by atoms with E-state index in [0.29, 0.717) is 6.61 Å². The Morgan fingerprint density at radius 3 is 2.94 bits per heavy atom. The fourth-order valence-electron chi connectivity index (χ4n) is 2.03. The smallest absolute Gasteiger partial charge is 0.0933 e. The van der Waals surface area contributed by atoms with Gasteiger partial charge in [0.2, 0.25) is 0 Å². The molecule has 1 N–H and O–H groups in total. The first-order chi connectivity index (χ1) is 8.27. The highest BCUT2D eigenvalue weighted by molar-refractivity contribution is 5.32. The molecule has 0 aromatic heterocycles. The number of benzene rings is 1. The molecule has 0 aliphatic carbocycles. The first-order valence-electron chi connectivity index (χ1n) is 6.22. The van der Waals surface area contributed by atoms with Gasteiger partial charge in [0.1, 0.15) is 0 Å². The van der Waals surface area contributed by atoms with Crippen molar-refractivity contribution in [3.63, 3.8) is 0 Å². The molecule has 0 spiro atoms. The Hall–Kier alpha value is -0.900. The Morgan fingerprint density at radius 2 is 2.18 bits per heavy atom. The monoisotopic (exact) mass is 235 g/mol. The predicted molar refractivity (Wildman–Crippen MR) is 68.2 cm³/mol. The standard InChI is InChI=1S/C14H21NO2/c1-11-4-3-5-13(12(11)2)8-15-9-14-10-16-6-7-17-14/h3-5,14-15H,6-10H2,1-2H3. The van der Waals surface area contributed by atoms with Crippen LogP contribution in [0.3, 0.4) is 0 Å². The van der Waals surface area contributed by atoms with Crippen molar-refractivity contribution >= 4 is 0 Å². The Kier molecular flexibility index (Phi) is 4.54. The minimum Gasteiger partial charge on any atom is -0.376 e. The lowest BCUT2D eigenvalue weighted by Crippen LogP contribution is -2.37. The molecule has 0 saturated carbocycles. The van der Waals surface area contributed by atoms with Crippen molar-refractivity contribution in [1.29, 1.82) is 0 Å². The highest BCUT2D eigenvalue weighted by atomic mass is 16.6. The van der Waals surface area contributed by atoms with Crippen molar-refractivity contribution in [2.24, 2.45) is 0 Å². The summed E-state index contributed by atoms with van der Waals surface area (Å²) < 4.78 is 10.9. The van der Waals surface area contributed by atoms with Gasteiger partial charge in [-0.25, -0.2) is 0 Å². The maximum atomic E-state index is 5.58. The zero-order valence-electron chi connectivity index (χ0n) is 10.7. The topological polar surface area (TPSA) is 30.5 Å². The molecule has 1 fully saturated rings. The molecule has 1 atom stereocenters. The molecular formula is C14H21NO2. The van der Waals surface area contributed by atoms with Gasteiger partial charge in [-0.05, 0) is 30.5 Å². The van der Waals surface area contributed by atoms with Crippen LogP contribution in [0.4, 0.5) is 0 Å². The number of rotatable bonds is 4. The van der Waals surface area contributed by atoms with Gasteiger partial charge in [0, 0.05) is 13.1 Å². The average molecular weight is 235 g/mol. The quantitative estimate of drug-likeness (QED) is 0.863. The average Bonchev–Trinajstić information content (AvgIpc) is 2.36. The Bertz CT molecular complexity index is 359. The van der Waals surface area contributed by atoms with Crippen molar-refractivity contribution < 1.29 is 9.47 Å². The fourth-order valence-corrected chi connectivity index (χ4v) is 2.03. The van der Waals surface area contributed by atoms with Crippen molar-refractivity contribution in [1.82, 2.24) is 5.32 Å². The summed E-state index contributed by atoms with van der Waals surface area (Å²) in [5.41, 5.74) is 4.09. The molecule has 2 rings (SSSR count). The van der Waals surface area contributed by atoms with E-state index in [2.05, 4.69) is 37.4 Å². The van der Waals surface area contributed by atoms with Crippen molar-refractivity contribution in [2.75, 3.05) is 26.4 Å². The van der Waals surface area contributed by atoms with Gasteiger partial charge >= 0.3 is 0 Å².